The SMILES string of the molecule is C[NH+]1CCN(c2ccc(NS(=O)(=O)c3ccc(Cl)s3)cc2)CC1. The summed E-state index contributed by atoms with van der Waals surface area (Å²) in [5, 5.41) is 0. The van der Waals surface area contributed by atoms with E-state index in [-0.39, 0.29) is 4.21 Å². The van der Waals surface area contributed by atoms with Crippen LogP contribution in [0.15, 0.2) is 40.6 Å². The van der Waals surface area contributed by atoms with E-state index in [1.54, 1.807) is 23.1 Å². The summed E-state index contributed by atoms with van der Waals surface area (Å²) in [6.45, 7) is 4.27. The van der Waals surface area contributed by atoms with Crippen molar-refractivity contribution in [3.8, 4) is 0 Å². The molecule has 0 spiro atoms. The minimum absolute atomic E-state index is 0.216. The van der Waals surface area contributed by atoms with Crippen LogP contribution in [-0.2, 0) is 10.0 Å². The first-order chi connectivity index (χ1) is 10.9. The quantitative estimate of drug-likeness (QED) is 0.856. The predicted octanol–water partition coefficient (Wildman–Crippen LogP) is 1.54. The van der Waals surface area contributed by atoms with E-state index in [9.17, 15) is 8.42 Å². The number of hydrogen-bond donors (Lipinski definition) is 2. The maximum atomic E-state index is 12.3. The van der Waals surface area contributed by atoms with E-state index in [0.29, 0.717) is 10.0 Å². The molecule has 8 heteroatoms. The lowest BCUT2D eigenvalue weighted by molar-refractivity contribution is -0.880. The van der Waals surface area contributed by atoms with Gasteiger partial charge in [0.25, 0.3) is 10.0 Å². The van der Waals surface area contributed by atoms with Crippen LogP contribution in [0, 0.1) is 0 Å². The van der Waals surface area contributed by atoms with Crippen molar-refractivity contribution in [1.82, 2.24) is 0 Å². The van der Waals surface area contributed by atoms with Gasteiger partial charge in [-0.05, 0) is 36.4 Å². The standard InChI is InChI=1S/C15H18ClN3O2S2/c1-18-8-10-19(11-9-18)13-4-2-12(3-5-13)17-23(20,21)15-7-6-14(16)22-15/h2-7,17H,8-11H2,1H3/p+1. The van der Waals surface area contributed by atoms with Gasteiger partial charge in [-0.25, -0.2) is 8.42 Å². The lowest BCUT2D eigenvalue weighted by atomic mass is 10.2. The fraction of sp³-hybridized carbons (Fsp3) is 0.333. The van der Waals surface area contributed by atoms with Crippen molar-refractivity contribution in [2.24, 2.45) is 0 Å². The molecule has 5 nitrogen and oxygen atoms in total. The summed E-state index contributed by atoms with van der Waals surface area (Å²) in [4.78, 5) is 3.87. The van der Waals surface area contributed by atoms with E-state index in [4.69, 9.17) is 11.6 Å². The van der Waals surface area contributed by atoms with Gasteiger partial charge < -0.3 is 9.80 Å². The second kappa shape index (κ2) is 6.68. The van der Waals surface area contributed by atoms with Gasteiger partial charge in [-0.1, -0.05) is 11.6 Å². The van der Waals surface area contributed by atoms with Gasteiger partial charge >= 0.3 is 0 Å². The number of nitrogens with one attached hydrogen (secondary N) is 2. The zero-order valence-electron chi connectivity index (χ0n) is 12.8. The van der Waals surface area contributed by atoms with Crippen molar-refractivity contribution >= 4 is 44.3 Å². The first-order valence-electron chi connectivity index (χ1n) is 7.38. The Bertz CT molecular complexity index is 766. The fourth-order valence-corrected chi connectivity index (χ4v) is 5.08. The van der Waals surface area contributed by atoms with Crippen LogP contribution in [-0.4, -0.2) is 41.6 Å². The van der Waals surface area contributed by atoms with E-state index >= 15 is 0 Å². The molecule has 0 atom stereocenters. The molecule has 1 aromatic heterocycles. The third kappa shape index (κ3) is 3.98. The van der Waals surface area contributed by atoms with Gasteiger partial charge in [-0.3, -0.25) is 4.72 Å². The van der Waals surface area contributed by atoms with Gasteiger partial charge in [0, 0.05) is 11.4 Å². The number of halogens is 1. The van der Waals surface area contributed by atoms with Crippen LogP contribution in [0.5, 0.6) is 0 Å². The molecule has 23 heavy (non-hydrogen) atoms. The Kier molecular flexibility index (Phi) is 4.82. The molecule has 0 radical (unpaired) electrons. The number of thiophene rings is 1. The molecule has 2 heterocycles. The highest BCUT2D eigenvalue weighted by atomic mass is 35.5. The molecule has 0 bridgehead atoms. The third-order valence-corrected chi connectivity index (χ3v) is 7.02. The van der Waals surface area contributed by atoms with Gasteiger partial charge in [0.1, 0.15) is 4.21 Å². The molecule has 1 aromatic carbocycles. The number of nitrogens with zero attached hydrogens (tertiary/aromatic N) is 1. The Hall–Kier alpha value is -1.28. The molecular formula is C15H19ClN3O2S2+. The molecular weight excluding hydrogens is 354 g/mol. The molecule has 0 saturated carbocycles. The van der Waals surface area contributed by atoms with Crippen molar-refractivity contribution < 1.29 is 13.3 Å². The number of likely N-dealkylation sites (N-methyl/N-ethyl adjacent to an activating group) is 1. The number of anilines is 2. The Morgan fingerprint density at radius 3 is 2.35 bits per heavy atom. The van der Waals surface area contributed by atoms with Crippen molar-refractivity contribution in [3.63, 3.8) is 0 Å². The molecule has 1 aliphatic rings. The van der Waals surface area contributed by atoms with Crippen LogP contribution in [0.2, 0.25) is 4.34 Å². The predicted molar refractivity (Wildman–Crippen MR) is 95.4 cm³/mol. The van der Waals surface area contributed by atoms with Crippen molar-refractivity contribution in [2.75, 3.05) is 42.8 Å². The molecule has 0 amide bonds. The monoisotopic (exact) mass is 372 g/mol. The van der Waals surface area contributed by atoms with Crippen LogP contribution in [0.4, 0.5) is 11.4 Å². The molecule has 2 aromatic rings. The van der Waals surface area contributed by atoms with Crippen LogP contribution in [0.3, 0.4) is 0 Å². The van der Waals surface area contributed by atoms with Gasteiger partial charge in [0.15, 0.2) is 0 Å². The summed E-state index contributed by atoms with van der Waals surface area (Å²) in [6.07, 6.45) is 0. The summed E-state index contributed by atoms with van der Waals surface area (Å²) in [7, 11) is -1.37. The molecule has 1 fully saturated rings. The number of quaternary nitrogens is 1. The smallest absolute Gasteiger partial charge is 0.271 e. The topological polar surface area (TPSA) is 53.9 Å². The van der Waals surface area contributed by atoms with Gasteiger partial charge in [-0.15, -0.1) is 11.3 Å². The lowest BCUT2D eigenvalue weighted by Gasteiger charge is -2.31. The normalized spacial score (nSPS) is 16.5. The number of rotatable bonds is 4. The summed E-state index contributed by atoms with van der Waals surface area (Å²) in [5.41, 5.74) is 1.68. The number of piperazine rings is 1. The van der Waals surface area contributed by atoms with Gasteiger partial charge in [0.2, 0.25) is 0 Å². The number of benzene rings is 1. The summed E-state index contributed by atoms with van der Waals surface area (Å²) in [6, 6.07) is 10.6. The Morgan fingerprint density at radius 1 is 1.13 bits per heavy atom. The molecule has 2 N–H and O–H groups in total. The zero-order valence-corrected chi connectivity index (χ0v) is 15.1. The largest absolute Gasteiger partial charge is 0.360 e. The summed E-state index contributed by atoms with van der Waals surface area (Å²) in [5.74, 6) is 0. The van der Waals surface area contributed by atoms with Crippen molar-refractivity contribution in [2.45, 2.75) is 4.21 Å². The van der Waals surface area contributed by atoms with E-state index in [0.717, 1.165) is 43.2 Å². The van der Waals surface area contributed by atoms with Crippen LogP contribution >= 0.6 is 22.9 Å². The van der Waals surface area contributed by atoms with Crippen LogP contribution in [0.25, 0.3) is 0 Å². The molecule has 0 unspecified atom stereocenters. The van der Waals surface area contributed by atoms with Crippen LogP contribution in [0.1, 0.15) is 0 Å². The number of hydrogen-bond acceptors (Lipinski definition) is 4. The Balaban J connectivity index is 1.70. The van der Waals surface area contributed by atoms with E-state index in [1.807, 2.05) is 12.1 Å². The van der Waals surface area contributed by atoms with E-state index in [1.165, 1.54) is 6.07 Å². The fourth-order valence-electron chi connectivity index (χ4n) is 2.53. The Morgan fingerprint density at radius 2 is 1.78 bits per heavy atom. The van der Waals surface area contributed by atoms with E-state index in [2.05, 4.69) is 16.7 Å². The average Bonchev–Trinajstić information content (AvgIpc) is 2.96. The second-order valence-corrected chi connectivity index (χ2v) is 9.28. The summed E-state index contributed by atoms with van der Waals surface area (Å²) < 4.78 is 27.8. The molecule has 1 aliphatic heterocycles. The minimum Gasteiger partial charge on any atom is -0.360 e. The molecule has 124 valence electrons. The first kappa shape index (κ1) is 16.6. The van der Waals surface area contributed by atoms with Gasteiger partial charge in [-0.2, -0.15) is 0 Å². The lowest BCUT2D eigenvalue weighted by Crippen LogP contribution is -3.12. The molecule has 3 rings (SSSR count). The highest BCUT2D eigenvalue weighted by Crippen LogP contribution is 2.27. The Labute approximate surface area is 145 Å². The van der Waals surface area contributed by atoms with Crippen molar-refractivity contribution in [1.29, 1.82) is 0 Å². The van der Waals surface area contributed by atoms with E-state index < -0.39 is 10.0 Å². The highest BCUT2D eigenvalue weighted by molar-refractivity contribution is 7.94. The first-order valence-corrected chi connectivity index (χ1v) is 10.1. The minimum atomic E-state index is -3.57. The summed E-state index contributed by atoms with van der Waals surface area (Å²) >= 11 is 6.85. The van der Waals surface area contributed by atoms with Gasteiger partial charge in [0.05, 0.1) is 37.6 Å². The zero-order chi connectivity index (χ0) is 16.4. The van der Waals surface area contributed by atoms with Crippen LogP contribution < -0.4 is 14.5 Å². The maximum Gasteiger partial charge on any atom is 0.271 e. The molecule has 1 saturated heterocycles. The maximum absolute atomic E-state index is 12.3. The number of sulfonamides is 1. The highest BCUT2D eigenvalue weighted by Gasteiger charge is 2.18. The molecule has 0 aliphatic carbocycles. The second-order valence-electron chi connectivity index (χ2n) is 5.66. The average molecular weight is 373 g/mol. The van der Waals surface area contributed by atoms with Crippen molar-refractivity contribution in [3.05, 3.63) is 40.7 Å². The third-order valence-electron chi connectivity index (χ3n) is 3.92.